The Hall–Kier alpha value is -3.76. The summed E-state index contributed by atoms with van der Waals surface area (Å²) < 4.78 is 33.1. The van der Waals surface area contributed by atoms with Crippen LogP contribution in [0, 0.1) is 12.3 Å². The van der Waals surface area contributed by atoms with Gasteiger partial charge >= 0.3 is 0 Å². The highest BCUT2D eigenvalue weighted by Crippen LogP contribution is 2.21. The molecule has 0 atom stereocenters. The summed E-state index contributed by atoms with van der Waals surface area (Å²) in [6, 6.07) is 19.2. The second-order valence-corrected chi connectivity index (χ2v) is 7.95. The van der Waals surface area contributed by atoms with Gasteiger partial charge in [0.1, 0.15) is 5.75 Å². The summed E-state index contributed by atoms with van der Waals surface area (Å²) in [5.74, 6) is 2.71. The van der Waals surface area contributed by atoms with Crippen LogP contribution in [0.4, 0.5) is 11.4 Å². The van der Waals surface area contributed by atoms with Crippen LogP contribution >= 0.6 is 0 Å². The third-order valence-electron chi connectivity index (χ3n) is 4.11. The minimum Gasteiger partial charge on any atom is -0.494 e. The van der Waals surface area contributed by atoms with Crippen molar-refractivity contribution in [2.45, 2.75) is 11.8 Å². The molecule has 30 heavy (non-hydrogen) atoms. The molecule has 0 bridgehead atoms. The Balaban J connectivity index is 1.75. The number of ether oxygens (including phenoxy) is 1. The zero-order valence-electron chi connectivity index (χ0n) is 16.3. The Labute approximate surface area is 176 Å². The zero-order chi connectivity index (χ0) is 21.6. The number of rotatable bonds is 7. The van der Waals surface area contributed by atoms with Gasteiger partial charge in [0.05, 0.1) is 11.5 Å². The van der Waals surface area contributed by atoms with Gasteiger partial charge in [0.15, 0.2) is 0 Å². The summed E-state index contributed by atoms with van der Waals surface area (Å²) in [5.41, 5.74) is 1.77. The summed E-state index contributed by atoms with van der Waals surface area (Å²) in [6.07, 6.45) is 5.38. The number of nitrogens with one attached hydrogen (secondary N) is 2. The largest absolute Gasteiger partial charge is 0.494 e. The maximum Gasteiger partial charge on any atom is 0.261 e. The predicted molar refractivity (Wildman–Crippen MR) is 117 cm³/mol. The van der Waals surface area contributed by atoms with Crippen molar-refractivity contribution in [2.24, 2.45) is 0 Å². The molecule has 2 N–H and O–H groups in total. The molecule has 7 heteroatoms. The minimum atomic E-state index is -3.81. The molecule has 3 rings (SSSR count). The van der Waals surface area contributed by atoms with E-state index in [2.05, 4.69) is 16.0 Å². The fraction of sp³-hybridized carbons (Fsp3) is 0.0870. The second kappa shape index (κ2) is 9.16. The lowest BCUT2D eigenvalue weighted by molar-refractivity contribution is 0.102. The van der Waals surface area contributed by atoms with Gasteiger partial charge in [-0.2, -0.15) is 0 Å². The average Bonchev–Trinajstić information content (AvgIpc) is 2.74. The molecule has 152 valence electrons. The van der Waals surface area contributed by atoms with Crippen molar-refractivity contribution in [3.05, 3.63) is 83.9 Å². The Kier molecular flexibility index (Phi) is 6.40. The van der Waals surface area contributed by atoms with Gasteiger partial charge < -0.3 is 10.1 Å². The molecule has 0 saturated carbocycles. The predicted octanol–water partition coefficient (Wildman–Crippen LogP) is 4.12. The molecular formula is C23H20N2O4S. The first-order chi connectivity index (χ1) is 14.4. The molecule has 0 unspecified atom stereocenters. The van der Waals surface area contributed by atoms with Crippen LogP contribution in [0.3, 0.4) is 0 Å². The number of hydrogen-bond donors (Lipinski definition) is 2. The zero-order valence-corrected chi connectivity index (χ0v) is 17.1. The fourth-order valence-corrected chi connectivity index (χ4v) is 3.76. The molecule has 3 aromatic carbocycles. The van der Waals surface area contributed by atoms with E-state index in [0.717, 1.165) is 0 Å². The van der Waals surface area contributed by atoms with E-state index in [9.17, 15) is 13.2 Å². The Bertz CT molecular complexity index is 1200. The minimum absolute atomic E-state index is 0.0897. The lowest BCUT2D eigenvalue weighted by Crippen LogP contribution is -2.15. The van der Waals surface area contributed by atoms with Crippen molar-refractivity contribution in [3.8, 4) is 18.1 Å². The maximum absolute atomic E-state index is 12.6. The monoisotopic (exact) mass is 420 g/mol. The van der Waals surface area contributed by atoms with Gasteiger partial charge in [0.2, 0.25) is 0 Å². The van der Waals surface area contributed by atoms with E-state index >= 15 is 0 Å². The first-order valence-electron chi connectivity index (χ1n) is 9.15. The highest BCUT2D eigenvalue weighted by molar-refractivity contribution is 7.92. The topological polar surface area (TPSA) is 84.5 Å². The van der Waals surface area contributed by atoms with E-state index in [1.54, 1.807) is 54.6 Å². The van der Waals surface area contributed by atoms with Crippen LogP contribution in [0.15, 0.2) is 77.7 Å². The average molecular weight is 420 g/mol. The van der Waals surface area contributed by atoms with E-state index in [1.807, 2.05) is 6.92 Å². The van der Waals surface area contributed by atoms with Crippen molar-refractivity contribution in [3.63, 3.8) is 0 Å². The number of amides is 1. The van der Waals surface area contributed by atoms with Gasteiger partial charge in [-0.3, -0.25) is 9.52 Å². The summed E-state index contributed by atoms with van der Waals surface area (Å²) in [4.78, 5) is 12.6. The van der Waals surface area contributed by atoms with Gasteiger partial charge in [0.25, 0.3) is 15.9 Å². The van der Waals surface area contributed by atoms with Crippen molar-refractivity contribution >= 4 is 27.3 Å². The van der Waals surface area contributed by atoms with Crippen LogP contribution in [-0.2, 0) is 10.0 Å². The van der Waals surface area contributed by atoms with Crippen LogP contribution in [0.2, 0.25) is 0 Å². The SMILES string of the molecule is C#Cc1cccc(NC(=O)c2cccc(NS(=O)(=O)c3ccc(OCC)cc3)c2)c1. The molecule has 0 fully saturated rings. The molecule has 6 nitrogen and oxygen atoms in total. The molecule has 3 aromatic rings. The quantitative estimate of drug-likeness (QED) is 0.563. The van der Waals surface area contributed by atoms with E-state index in [-0.39, 0.29) is 16.5 Å². The number of hydrogen-bond acceptors (Lipinski definition) is 4. The molecular weight excluding hydrogens is 400 g/mol. The van der Waals surface area contributed by atoms with Crippen molar-refractivity contribution in [1.82, 2.24) is 0 Å². The normalized spacial score (nSPS) is 10.7. The van der Waals surface area contributed by atoms with Gasteiger partial charge in [-0.05, 0) is 67.6 Å². The molecule has 0 aromatic heterocycles. The number of terminal acetylenes is 1. The molecule has 0 aliphatic rings. The molecule has 0 saturated heterocycles. The van der Waals surface area contributed by atoms with Crippen LogP contribution in [0.1, 0.15) is 22.8 Å². The summed E-state index contributed by atoms with van der Waals surface area (Å²) >= 11 is 0. The summed E-state index contributed by atoms with van der Waals surface area (Å²) in [5, 5.41) is 2.75. The van der Waals surface area contributed by atoms with E-state index < -0.39 is 10.0 Å². The van der Waals surface area contributed by atoms with E-state index in [0.29, 0.717) is 29.2 Å². The third kappa shape index (κ3) is 5.19. The van der Waals surface area contributed by atoms with Gasteiger partial charge in [-0.15, -0.1) is 6.42 Å². The Morgan fingerprint density at radius 3 is 2.40 bits per heavy atom. The van der Waals surface area contributed by atoms with Crippen molar-refractivity contribution in [1.29, 1.82) is 0 Å². The summed E-state index contributed by atoms with van der Waals surface area (Å²) in [6.45, 7) is 2.34. The molecule has 0 aliphatic carbocycles. The standard InChI is InChI=1S/C23H20N2O4S/c1-3-17-7-5-9-19(15-17)24-23(26)18-8-6-10-20(16-18)25-30(27,28)22-13-11-21(12-14-22)29-4-2/h1,5-16,25H,4H2,2H3,(H,24,26). The first-order valence-corrected chi connectivity index (χ1v) is 10.6. The summed E-state index contributed by atoms with van der Waals surface area (Å²) in [7, 11) is -3.81. The second-order valence-electron chi connectivity index (χ2n) is 6.27. The van der Waals surface area contributed by atoms with Crippen LogP contribution in [0.25, 0.3) is 0 Å². The van der Waals surface area contributed by atoms with Crippen LogP contribution in [-0.4, -0.2) is 20.9 Å². The highest BCUT2D eigenvalue weighted by Gasteiger charge is 2.15. The first kappa shape index (κ1) is 21.0. The Morgan fingerprint density at radius 1 is 1.00 bits per heavy atom. The molecule has 0 spiro atoms. The molecule has 0 aliphatic heterocycles. The number of anilines is 2. The molecule has 0 heterocycles. The van der Waals surface area contributed by atoms with E-state index in [4.69, 9.17) is 11.2 Å². The van der Waals surface area contributed by atoms with Gasteiger partial charge in [-0.1, -0.05) is 18.1 Å². The maximum atomic E-state index is 12.6. The van der Waals surface area contributed by atoms with Gasteiger partial charge in [-0.25, -0.2) is 8.42 Å². The van der Waals surface area contributed by atoms with Crippen molar-refractivity contribution in [2.75, 3.05) is 16.6 Å². The smallest absolute Gasteiger partial charge is 0.261 e. The lowest BCUT2D eigenvalue weighted by atomic mass is 10.1. The lowest BCUT2D eigenvalue weighted by Gasteiger charge is -2.11. The number of carbonyl (C=O) groups excluding carboxylic acids is 1. The Morgan fingerprint density at radius 2 is 1.70 bits per heavy atom. The number of sulfonamides is 1. The van der Waals surface area contributed by atoms with Crippen molar-refractivity contribution < 1.29 is 17.9 Å². The van der Waals surface area contributed by atoms with Crippen LogP contribution < -0.4 is 14.8 Å². The molecule has 1 amide bonds. The highest BCUT2D eigenvalue weighted by atomic mass is 32.2. The fourth-order valence-electron chi connectivity index (χ4n) is 2.71. The number of carbonyl (C=O) groups is 1. The van der Waals surface area contributed by atoms with Crippen LogP contribution in [0.5, 0.6) is 5.75 Å². The third-order valence-corrected chi connectivity index (χ3v) is 5.51. The van der Waals surface area contributed by atoms with E-state index in [1.165, 1.54) is 18.2 Å². The number of benzene rings is 3. The molecule has 0 radical (unpaired) electrons. The van der Waals surface area contributed by atoms with Gasteiger partial charge in [0, 0.05) is 22.5 Å².